The van der Waals surface area contributed by atoms with Crippen molar-refractivity contribution in [2.24, 2.45) is 11.5 Å². The molecule has 250 valence electrons. The molecule has 0 bridgehead atoms. The maximum atomic E-state index is 10.4. The summed E-state index contributed by atoms with van der Waals surface area (Å²) in [5.74, 6) is 0.931. The van der Waals surface area contributed by atoms with Crippen LogP contribution in [0, 0.1) is 0 Å². The zero-order chi connectivity index (χ0) is 35.1. The Labute approximate surface area is 279 Å². The van der Waals surface area contributed by atoms with Gasteiger partial charge in [0, 0.05) is 6.20 Å². The van der Waals surface area contributed by atoms with Gasteiger partial charge in [0.25, 0.3) is 0 Å². The second kappa shape index (κ2) is 18.3. The molecule has 48 heavy (non-hydrogen) atoms. The van der Waals surface area contributed by atoms with Crippen molar-refractivity contribution in [2.45, 2.75) is 12.1 Å². The third kappa shape index (κ3) is 10.6. The number of nitrogens with two attached hydrogens (primary N) is 2. The van der Waals surface area contributed by atoms with Crippen molar-refractivity contribution in [1.29, 1.82) is 0 Å². The first kappa shape index (κ1) is 36.6. The number of hydrogen-bond donors (Lipinski definition) is 4. The van der Waals surface area contributed by atoms with Crippen molar-refractivity contribution in [3.8, 4) is 23.0 Å². The lowest BCUT2D eigenvalue weighted by molar-refractivity contribution is 0.0690. The zero-order valence-corrected chi connectivity index (χ0v) is 27.1. The average Bonchev–Trinajstić information content (AvgIpc) is 3.15. The van der Waals surface area contributed by atoms with Crippen LogP contribution in [-0.4, -0.2) is 55.6 Å². The van der Waals surface area contributed by atoms with Crippen LogP contribution < -0.4 is 30.4 Å². The minimum absolute atomic E-state index is 0.0811. The number of methoxy groups -OCH3 is 4. The number of nitrogens with zero attached hydrogens (tertiary/aromatic N) is 1. The van der Waals surface area contributed by atoms with Gasteiger partial charge in [-0.25, -0.2) is 14.6 Å². The Hall–Kier alpha value is -5.91. The minimum Gasteiger partial charge on any atom is -0.497 e. The molecule has 11 heteroatoms. The molecule has 0 saturated carbocycles. The number of aromatic nitrogens is 1. The zero-order valence-electron chi connectivity index (χ0n) is 27.1. The molecule has 11 nitrogen and oxygen atoms in total. The van der Waals surface area contributed by atoms with Crippen LogP contribution in [0.5, 0.6) is 23.0 Å². The third-order valence-corrected chi connectivity index (χ3v) is 7.13. The maximum Gasteiger partial charge on any atom is 0.354 e. The Morgan fingerprint density at radius 2 is 0.812 bits per heavy atom. The number of aromatic carboxylic acids is 2. The molecule has 0 amide bonds. The molecule has 5 rings (SSSR count). The van der Waals surface area contributed by atoms with Crippen LogP contribution in [0.1, 0.15) is 55.2 Å². The molecule has 0 aliphatic heterocycles. The second-order valence-corrected chi connectivity index (χ2v) is 10.1. The van der Waals surface area contributed by atoms with E-state index in [4.69, 9.17) is 40.6 Å². The molecular weight excluding hydrogens is 614 g/mol. The van der Waals surface area contributed by atoms with E-state index in [0.29, 0.717) is 0 Å². The number of carbonyl (C=O) groups is 2. The van der Waals surface area contributed by atoms with Gasteiger partial charge in [-0.1, -0.05) is 48.5 Å². The standard InChI is InChI=1S/2C15H17NO2.C7H5NO4/c2*1-17-13-7-3-11(4-8-13)15(16)12-5-9-14(18-2)10-6-12;9-6(10)4-1-2-8-5(3-4)7(11)12/h2*3-10,15H,16H2,1-2H3;1-3H,(H,9,10)(H,11,12). The van der Waals surface area contributed by atoms with E-state index in [-0.39, 0.29) is 23.3 Å². The number of benzene rings is 4. The van der Waals surface area contributed by atoms with Gasteiger partial charge in [0.1, 0.15) is 28.7 Å². The first-order valence-corrected chi connectivity index (χ1v) is 14.6. The first-order valence-electron chi connectivity index (χ1n) is 14.6. The summed E-state index contributed by atoms with van der Waals surface area (Å²) in [5.41, 5.74) is 16.3. The maximum absolute atomic E-state index is 10.4. The number of ether oxygens (including phenoxy) is 4. The van der Waals surface area contributed by atoms with E-state index in [1.807, 2.05) is 97.1 Å². The summed E-state index contributed by atoms with van der Waals surface area (Å²) in [7, 11) is 6.60. The van der Waals surface area contributed by atoms with Crippen LogP contribution in [0.3, 0.4) is 0 Å². The molecule has 0 unspecified atom stereocenters. The summed E-state index contributed by atoms with van der Waals surface area (Å²) < 4.78 is 20.5. The van der Waals surface area contributed by atoms with Gasteiger partial charge in [0.2, 0.25) is 0 Å². The van der Waals surface area contributed by atoms with E-state index in [2.05, 4.69) is 4.98 Å². The molecule has 0 atom stereocenters. The summed E-state index contributed by atoms with van der Waals surface area (Å²) >= 11 is 0. The van der Waals surface area contributed by atoms with E-state index < -0.39 is 11.9 Å². The van der Waals surface area contributed by atoms with Gasteiger partial charge >= 0.3 is 11.9 Å². The molecule has 1 heterocycles. The lowest BCUT2D eigenvalue weighted by Gasteiger charge is -2.13. The van der Waals surface area contributed by atoms with Crippen molar-refractivity contribution in [1.82, 2.24) is 4.98 Å². The van der Waals surface area contributed by atoms with Crippen LogP contribution in [0.25, 0.3) is 0 Å². The number of rotatable bonds is 10. The molecule has 0 saturated heterocycles. The van der Waals surface area contributed by atoms with E-state index in [1.165, 1.54) is 6.07 Å². The molecule has 6 N–H and O–H groups in total. The molecule has 0 aliphatic carbocycles. The quantitative estimate of drug-likeness (QED) is 0.139. The highest BCUT2D eigenvalue weighted by Gasteiger charge is 2.11. The monoisotopic (exact) mass is 653 g/mol. The normalized spacial score (nSPS) is 10.2. The fraction of sp³-hybridized carbons (Fsp3) is 0.162. The van der Waals surface area contributed by atoms with Gasteiger partial charge < -0.3 is 40.6 Å². The van der Waals surface area contributed by atoms with Crippen molar-refractivity contribution >= 4 is 11.9 Å². The highest BCUT2D eigenvalue weighted by atomic mass is 16.5. The summed E-state index contributed by atoms with van der Waals surface area (Å²) in [6, 6.07) is 33.1. The Balaban J connectivity index is 0.000000200. The molecule has 0 spiro atoms. The topological polar surface area (TPSA) is 176 Å². The van der Waals surface area contributed by atoms with Gasteiger partial charge in [-0.15, -0.1) is 0 Å². The van der Waals surface area contributed by atoms with Crippen molar-refractivity contribution in [3.63, 3.8) is 0 Å². The molecule has 4 aromatic carbocycles. The highest BCUT2D eigenvalue weighted by molar-refractivity contribution is 5.92. The molecule has 0 aliphatic rings. The lowest BCUT2D eigenvalue weighted by Crippen LogP contribution is -2.11. The molecule has 0 radical (unpaired) electrons. The predicted molar refractivity (Wildman–Crippen MR) is 182 cm³/mol. The van der Waals surface area contributed by atoms with Gasteiger partial charge in [0.15, 0.2) is 0 Å². The van der Waals surface area contributed by atoms with E-state index in [9.17, 15) is 9.59 Å². The van der Waals surface area contributed by atoms with E-state index in [0.717, 1.165) is 57.5 Å². The van der Waals surface area contributed by atoms with E-state index in [1.54, 1.807) is 28.4 Å². The van der Waals surface area contributed by atoms with Gasteiger partial charge in [0.05, 0.1) is 46.1 Å². The highest BCUT2D eigenvalue weighted by Crippen LogP contribution is 2.25. The largest absolute Gasteiger partial charge is 0.497 e. The van der Waals surface area contributed by atoms with E-state index >= 15 is 0 Å². The second-order valence-electron chi connectivity index (χ2n) is 10.1. The van der Waals surface area contributed by atoms with Crippen LogP contribution in [0.15, 0.2) is 115 Å². The smallest absolute Gasteiger partial charge is 0.354 e. The van der Waals surface area contributed by atoms with Gasteiger partial charge in [-0.3, -0.25) is 0 Å². The Morgan fingerprint density at radius 3 is 1.04 bits per heavy atom. The summed E-state index contributed by atoms with van der Waals surface area (Å²) in [5, 5.41) is 16.9. The van der Waals surface area contributed by atoms with Crippen molar-refractivity contribution < 1.29 is 38.7 Å². The molecular formula is C37H39N3O8. The van der Waals surface area contributed by atoms with Gasteiger partial charge in [-0.2, -0.15) is 0 Å². The Morgan fingerprint density at radius 1 is 0.521 bits per heavy atom. The summed E-state index contributed by atoms with van der Waals surface area (Å²) in [4.78, 5) is 24.1. The lowest BCUT2D eigenvalue weighted by atomic mass is 9.99. The molecule has 5 aromatic rings. The Kier molecular flexibility index (Phi) is 13.9. The van der Waals surface area contributed by atoms with Crippen LogP contribution in [-0.2, 0) is 0 Å². The first-order chi connectivity index (χ1) is 23.1. The Bertz CT molecular complexity index is 1510. The number of carboxylic acid groups (broad SMARTS) is 2. The fourth-order valence-electron chi connectivity index (χ4n) is 4.31. The number of hydrogen-bond acceptors (Lipinski definition) is 9. The summed E-state index contributed by atoms with van der Waals surface area (Å²) in [6.07, 6.45) is 1.15. The van der Waals surface area contributed by atoms with Crippen molar-refractivity contribution in [2.75, 3.05) is 28.4 Å². The third-order valence-electron chi connectivity index (χ3n) is 7.13. The van der Waals surface area contributed by atoms with Crippen LogP contribution >= 0.6 is 0 Å². The number of carboxylic acids is 2. The number of pyridine rings is 1. The summed E-state index contributed by atoms with van der Waals surface area (Å²) in [6.45, 7) is 0. The fourth-order valence-corrected chi connectivity index (χ4v) is 4.31. The van der Waals surface area contributed by atoms with Crippen molar-refractivity contribution in [3.05, 3.63) is 149 Å². The van der Waals surface area contributed by atoms with Crippen LogP contribution in [0.4, 0.5) is 0 Å². The van der Waals surface area contributed by atoms with Crippen LogP contribution in [0.2, 0.25) is 0 Å². The molecule has 0 fully saturated rings. The average molecular weight is 654 g/mol. The minimum atomic E-state index is -1.24. The SMILES string of the molecule is COc1ccc(C(N)c2ccc(OC)cc2)cc1.COc1ccc(C(N)c2ccc(OC)cc2)cc1.O=C(O)c1ccnc(C(=O)O)c1. The predicted octanol–water partition coefficient (Wildman–Crippen LogP) is 5.98. The van der Waals surface area contributed by atoms with Gasteiger partial charge in [-0.05, 0) is 82.9 Å². The molecule has 1 aromatic heterocycles.